The van der Waals surface area contributed by atoms with Crippen molar-refractivity contribution >= 4 is 27.3 Å². The molecule has 0 N–H and O–H groups in total. The smallest absolute Gasteiger partial charge is 0.237 e. The zero-order valence-electron chi connectivity index (χ0n) is 9.89. The quantitative estimate of drug-likeness (QED) is 0.680. The maximum atomic E-state index is 11.6. The fourth-order valence-electron chi connectivity index (χ4n) is 1.80. The lowest BCUT2D eigenvalue weighted by molar-refractivity contribution is -0.130. The van der Waals surface area contributed by atoms with E-state index in [1.165, 1.54) is 0 Å². The minimum Gasteiger partial charge on any atom is -0.377 e. The number of carbonyl (C=O) groups is 1. The maximum absolute atomic E-state index is 11.6. The highest BCUT2D eigenvalue weighted by Crippen LogP contribution is 2.14. The van der Waals surface area contributed by atoms with Crippen LogP contribution in [0.2, 0.25) is 0 Å². The van der Waals surface area contributed by atoms with Gasteiger partial charge >= 0.3 is 0 Å². The van der Waals surface area contributed by atoms with Crippen molar-refractivity contribution in [1.29, 1.82) is 0 Å². The van der Waals surface area contributed by atoms with E-state index < -0.39 is 15.6 Å². The lowest BCUT2D eigenvalue weighted by atomic mass is 10.1. The van der Waals surface area contributed by atoms with Crippen LogP contribution in [0, 0.1) is 0 Å². The molecule has 1 aliphatic heterocycles. The van der Waals surface area contributed by atoms with Crippen molar-refractivity contribution in [2.45, 2.75) is 18.9 Å². The summed E-state index contributed by atoms with van der Waals surface area (Å²) in [6.45, 7) is 1.63. The number of hydrogen-bond acceptors (Lipinski definition) is 4. The van der Waals surface area contributed by atoms with Crippen molar-refractivity contribution < 1.29 is 17.9 Å². The minimum absolute atomic E-state index is 0.135. The molecule has 0 spiro atoms. The van der Waals surface area contributed by atoms with E-state index in [1.807, 2.05) is 0 Å². The van der Waals surface area contributed by atoms with Gasteiger partial charge in [0.25, 0.3) is 0 Å². The Morgan fingerprint density at radius 2 is 2.00 bits per heavy atom. The highest BCUT2D eigenvalue weighted by molar-refractivity contribution is 7.91. The van der Waals surface area contributed by atoms with Crippen LogP contribution in [0.5, 0.6) is 0 Å². The Kier molecular flexibility index (Phi) is 5.69. The van der Waals surface area contributed by atoms with Crippen LogP contribution >= 0.6 is 11.6 Å². The van der Waals surface area contributed by atoms with Gasteiger partial charge in [-0.05, 0) is 12.8 Å². The Balaban J connectivity index is 2.34. The zero-order valence-corrected chi connectivity index (χ0v) is 11.5. The summed E-state index contributed by atoms with van der Waals surface area (Å²) in [4.78, 5) is 13.2. The second-order valence-electron chi connectivity index (χ2n) is 4.21. The third-order valence-electron chi connectivity index (χ3n) is 2.61. The highest BCUT2D eigenvalue weighted by Gasteiger charge is 2.24. The first-order valence-electron chi connectivity index (χ1n) is 5.55. The highest BCUT2D eigenvalue weighted by atomic mass is 35.5. The second kappa shape index (κ2) is 6.56. The number of halogens is 1. The SMILES string of the molecule is CS(=O)(=O)CC(=O)N1CCC(OCCCl)CC1. The summed E-state index contributed by atoms with van der Waals surface area (Å²) in [6.07, 6.45) is 2.69. The van der Waals surface area contributed by atoms with Gasteiger partial charge in [0.15, 0.2) is 9.84 Å². The molecule has 0 aromatic carbocycles. The molecule has 5 nitrogen and oxygen atoms in total. The summed E-state index contributed by atoms with van der Waals surface area (Å²) in [7, 11) is -3.24. The first kappa shape index (κ1) is 14.7. The number of hydrogen-bond donors (Lipinski definition) is 0. The second-order valence-corrected chi connectivity index (χ2v) is 6.73. The van der Waals surface area contributed by atoms with E-state index in [2.05, 4.69) is 0 Å². The molecule has 100 valence electrons. The van der Waals surface area contributed by atoms with Crippen molar-refractivity contribution in [3.05, 3.63) is 0 Å². The lowest BCUT2D eigenvalue weighted by Gasteiger charge is -2.31. The van der Waals surface area contributed by atoms with Gasteiger partial charge in [0.05, 0.1) is 12.7 Å². The maximum Gasteiger partial charge on any atom is 0.237 e. The Bertz CT molecular complexity index is 349. The monoisotopic (exact) mass is 283 g/mol. The van der Waals surface area contributed by atoms with E-state index in [-0.39, 0.29) is 12.0 Å². The van der Waals surface area contributed by atoms with E-state index in [1.54, 1.807) is 4.90 Å². The molecule has 0 atom stereocenters. The van der Waals surface area contributed by atoms with E-state index in [4.69, 9.17) is 16.3 Å². The molecule has 0 aromatic rings. The van der Waals surface area contributed by atoms with Gasteiger partial charge in [0.2, 0.25) is 5.91 Å². The van der Waals surface area contributed by atoms with Crippen LogP contribution in [0.1, 0.15) is 12.8 Å². The minimum atomic E-state index is -3.24. The van der Waals surface area contributed by atoms with Gasteiger partial charge in [0, 0.05) is 25.2 Å². The van der Waals surface area contributed by atoms with E-state index in [0.29, 0.717) is 25.6 Å². The predicted molar refractivity (Wildman–Crippen MR) is 66.0 cm³/mol. The van der Waals surface area contributed by atoms with Gasteiger partial charge in [-0.1, -0.05) is 0 Å². The van der Waals surface area contributed by atoms with Crippen LogP contribution in [0.15, 0.2) is 0 Å². The number of rotatable bonds is 5. The lowest BCUT2D eigenvalue weighted by Crippen LogP contribution is -2.43. The fraction of sp³-hybridized carbons (Fsp3) is 0.900. The van der Waals surface area contributed by atoms with Crippen LogP contribution in [-0.2, 0) is 19.4 Å². The molecule has 7 heteroatoms. The van der Waals surface area contributed by atoms with Crippen LogP contribution < -0.4 is 0 Å². The topological polar surface area (TPSA) is 63.7 Å². The van der Waals surface area contributed by atoms with E-state index in [9.17, 15) is 13.2 Å². The number of ether oxygens (including phenoxy) is 1. The third-order valence-corrected chi connectivity index (χ3v) is 3.54. The Morgan fingerprint density at radius 1 is 1.41 bits per heavy atom. The number of amides is 1. The molecule has 0 bridgehead atoms. The molecule has 17 heavy (non-hydrogen) atoms. The summed E-state index contributed by atoms with van der Waals surface area (Å²) in [5, 5.41) is 0. The summed E-state index contributed by atoms with van der Waals surface area (Å²) in [6, 6.07) is 0. The number of piperidine rings is 1. The van der Waals surface area contributed by atoms with Gasteiger partial charge in [-0.25, -0.2) is 8.42 Å². The molecular formula is C10H18ClNO4S. The zero-order chi connectivity index (χ0) is 12.9. The van der Waals surface area contributed by atoms with Crippen molar-refractivity contribution in [2.24, 2.45) is 0 Å². The molecule has 0 aliphatic carbocycles. The molecule has 0 aromatic heterocycles. The number of carbonyl (C=O) groups excluding carboxylic acids is 1. The van der Waals surface area contributed by atoms with Gasteiger partial charge < -0.3 is 9.64 Å². The molecule has 1 rings (SSSR count). The molecule has 0 radical (unpaired) electrons. The van der Waals surface area contributed by atoms with Crippen LogP contribution in [0.4, 0.5) is 0 Å². The molecule has 1 aliphatic rings. The number of likely N-dealkylation sites (tertiary alicyclic amines) is 1. The summed E-state index contributed by atoms with van der Waals surface area (Å²) >= 11 is 5.52. The number of nitrogens with zero attached hydrogens (tertiary/aromatic N) is 1. The average molecular weight is 284 g/mol. The van der Waals surface area contributed by atoms with E-state index >= 15 is 0 Å². The van der Waals surface area contributed by atoms with E-state index in [0.717, 1.165) is 19.1 Å². The van der Waals surface area contributed by atoms with Crippen LogP contribution in [0.25, 0.3) is 0 Å². The van der Waals surface area contributed by atoms with Crippen molar-refractivity contribution in [1.82, 2.24) is 4.90 Å². The summed E-state index contributed by atoms with van der Waals surface area (Å²) in [5.74, 6) is -0.253. The standard InChI is InChI=1S/C10H18ClNO4S/c1-17(14,15)8-10(13)12-5-2-9(3-6-12)16-7-4-11/h9H,2-8H2,1H3. The average Bonchev–Trinajstić information content (AvgIpc) is 2.24. The van der Waals surface area contributed by atoms with Gasteiger partial charge in [-0.3, -0.25) is 4.79 Å². The first-order valence-corrected chi connectivity index (χ1v) is 8.15. The fourth-order valence-corrected chi connectivity index (χ4v) is 2.52. The summed E-state index contributed by atoms with van der Waals surface area (Å²) < 4.78 is 27.5. The molecule has 0 saturated carbocycles. The van der Waals surface area contributed by atoms with Gasteiger partial charge in [-0.2, -0.15) is 0 Å². The molecular weight excluding hydrogens is 266 g/mol. The normalized spacial score (nSPS) is 18.4. The largest absolute Gasteiger partial charge is 0.377 e. The first-order chi connectivity index (χ1) is 7.92. The molecule has 1 fully saturated rings. The molecule has 1 saturated heterocycles. The number of sulfone groups is 1. The van der Waals surface area contributed by atoms with Gasteiger partial charge in [0.1, 0.15) is 5.75 Å². The molecule has 0 unspecified atom stereocenters. The third kappa shape index (κ3) is 5.70. The molecule has 1 heterocycles. The Morgan fingerprint density at radius 3 is 2.47 bits per heavy atom. The Labute approximate surface area is 107 Å². The van der Waals surface area contributed by atoms with Crippen LogP contribution in [0.3, 0.4) is 0 Å². The molecule has 1 amide bonds. The summed E-state index contributed by atoms with van der Waals surface area (Å²) in [5.41, 5.74) is 0. The Hall–Kier alpha value is -0.330. The van der Waals surface area contributed by atoms with Crippen molar-refractivity contribution in [3.63, 3.8) is 0 Å². The predicted octanol–water partition coefficient (Wildman–Crippen LogP) is 0.277. The van der Waals surface area contributed by atoms with Crippen LogP contribution in [-0.4, -0.2) is 62.9 Å². The number of alkyl halides is 1. The van der Waals surface area contributed by atoms with Crippen molar-refractivity contribution in [2.75, 3.05) is 37.6 Å². The van der Waals surface area contributed by atoms with Crippen molar-refractivity contribution in [3.8, 4) is 0 Å². The van der Waals surface area contributed by atoms with Gasteiger partial charge in [-0.15, -0.1) is 11.6 Å².